The van der Waals surface area contributed by atoms with E-state index >= 15 is 0 Å². The van der Waals surface area contributed by atoms with Gasteiger partial charge in [-0.1, -0.05) is 0 Å². The molecule has 0 aliphatic rings. The zero-order valence-electron chi connectivity index (χ0n) is 7.76. The van der Waals surface area contributed by atoms with Crippen molar-refractivity contribution in [2.75, 3.05) is 0 Å². The molecule has 0 atom stereocenters. The molecule has 84 valence electrons. The van der Waals surface area contributed by atoms with Gasteiger partial charge in [0.05, 0.1) is 14.9 Å². The summed E-state index contributed by atoms with van der Waals surface area (Å²) < 4.78 is 32.7. The van der Waals surface area contributed by atoms with Crippen LogP contribution in [-0.4, -0.2) is 60.6 Å². The van der Waals surface area contributed by atoms with E-state index in [1.54, 1.807) is 0 Å². The van der Waals surface area contributed by atoms with Crippen molar-refractivity contribution in [1.29, 1.82) is 0 Å². The van der Waals surface area contributed by atoms with Gasteiger partial charge in [-0.2, -0.15) is 14.0 Å². The fraction of sp³-hybridized carbons (Fsp3) is 0. The Morgan fingerprint density at radius 2 is 0.750 bits per heavy atom. The molecule has 0 aromatic carbocycles. The molecule has 0 rings (SSSR count). The van der Waals surface area contributed by atoms with Gasteiger partial charge in [0.15, 0.2) is 0 Å². The molecule has 0 aromatic heterocycles. The summed E-state index contributed by atoms with van der Waals surface area (Å²) in [6.07, 6.45) is 0. The summed E-state index contributed by atoms with van der Waals surface area (Å²) in [6.45, 7) is 0. The summed E-state index contributed by atoms with van der Waals surface area (Å²) in [6, 6.07) is 0. The van der Waals surface area contributed by atoms with E-state index in [1.807, 2.05) is 0 Å². The molecule has 0 fully saturated rings. The normalized spacial score (nSPS) is 5.00. The zero-order valence-corrected chi connectivity index (χ0v) is 7.93. The average molecular weight is 235 g/mol. The molecule has 0 saturated carbocycles. The minimum Gasteiger partial charge on any atom is -1.00 e. The van der Waals surface area contributed by atoms with E-state index in [0.717, 1.165) is 0 Å². The summed E-state index contributed by atoms with van der Waals surface area (Å²) in [5, 5.41) is 0. The molecule has 0 aliphatic heterocycles. The Labute approximate surface area is 88.1 Å². The second-order valence-electron chi connectivity index (χ2n) is 0.396. The average Bonchev–Trinajstić information content (AvgIpc) is 0.722. The minimum atomic E-state index is -4.69. The van der Waals surface area contributed by atoms with Gasteiger partial charge in [0.25, 0.3) is 0 Å². The fourth-order valence-corrected chi connectivity index (χ4v) is 0. The monoisotopic (exact) mass is 234 g/mol. The van der Waals surface area contributed by atoms with E-state index in [9.17, 15) is 0 Å². The van der Waals surface area contributed by atoms with Crippen molar-refractivity contribution in [2.45, 2.75) is 0 Å². The quantitative estimate of drug-likeness (QED) is 0.399. The smallest absolute Gasteiger partial charge is 1.00 e. The van der Waals surface area contributed by atoms with Crippen molar-refractivity contribution < 1.29 is 64.6 Å². The van der Waals surface area contributed by atoms with Crippen LogP contribution in [-0.2, 0) is 0 Å². The molecule has 0 amide bonds. The van der Waals surface area contributed by atoms with Gasteiger partial charge in [-0.15, -0.1) is 0 Å². The molecule has 0 heterocycles. The van der Waals surface area contributed by atoms with Crippen LogP contribution in [0.15, 0.2) is 0 Å². The van der Waals surface area contributed by atoms with E-state index in [-0.39, 0.29) is 58.8 Å². The maximum absolute atomic E-state index is 8.60. The van der Waals surface area contributed by atoms with Gasteiger partial charge in [-0.3, -0.25) is 0 Å². The van der Waals surface area contributed by atoms with Crippen LogP contribution in [0.5, 0.6) is 0 Å². The third-order valence-electron chi connectivity index (χ3n) is 0. The van der Waals surface area contributed by atoms with Crippen LogP contribution in [0.2, 0.25) is 0 Å². The first-order valence-corrected chi connectivity index (χ1v) is 1.90. The van der Waals surface area contributed by atoms with Crippen LogP contribution in [0.25, 0.3) is 0 Å². The summed E-state index contributed by atoms with van der Waals surface area (Å²) in [5.74, 6) is 0. The van der Waals surface area contributed by atoms with Gasteiger partial charge in [0, 0.05) is 0 Å². The number of rotatable bonds is 0. The first-order valence-electron chi connectivity index (χ1n) is 0.632. The van der Waals surface area contributed by atoms with Crippen molar-refractivity contribution in [3.63, 3.8) is 0 Å². The molecule has 12 heavy (non-hydrogen) atoms. The number of hydrogen-bond donors (Lipinski definition) is 1. The minimum absolute atomic E-state index is 0. The molecule has 0 unspecified atom stereocenters. The van der Waals surface area contributed by atoms with Crippen LogP contribution < -0.4 is 14.0 Å². The maximum Gasteiger partial charge on any atom is 2.00 e. The Bertz CT molecular complexity index is 33.6. The summed E-state index contributed by atoms with van der Waals surface area (Å²) in [7, 11) is -4.69. The first kappa shape index (κ1) is 79.3. The maximum atomic E-state index is 8.60. The van der Waals surface area contributed by atoms with E-state index < -0.39 is 10.2 Å². The van der Waals surface area contributed by atoms with Crippen LogP contribution >= 0.6 is 0 Å². The topological polar surface area (TPSA) is 278 Å². The Hall–Kier alpha value is 0.656. The van der Waals surface area contributed by atoms with Crippen LogP contribution in [0.3, 0.4) is 0 Å². The van der Waals surface area contributed by atoms with Gasteiger partial charge in [-0.25, -0.2) is 0 Å². The van der Waals surface area contributed by atoms with Crippen LogP contribution in [0, 0.1) is 10.2 Å². The third kappa shape index (κ3) is 2310. The Morgan fingerprint density at radius 1 is 0.750 bits per heavy atom. The molecule has 0 saturated heterocycles. The van der Waals surface area contributed by atoms with Crippen molar-refractivity contribution in [1.82, 2.24) is 0 Å². The molecule has 0 radical (unpaired) electrons. The fourth-order valence-electron chi connectivity index (χ4n) is 0. The van der Waals surface area contributed by atoms with Gasteiger partial charge in [0.1, 0.15) is 0 Å². The van der Waals surface area contributed by atoms with E-state index in [0.29, 0.717) is 0 Å². The molecular formula is H15ClMgO10. The van der Waals surface area contributed by atoms with Gasteiger partial charge >= 0.3 is 23.1 Å². The van der Waals surface area contributed by atoms with Crippen molar-refractivity contribution in [3.05, 3.63) is 0 Å². The summed E-state index contributed by atoms with van der Waals surface area (Å²) in [5.41, 5.74) is 0. The number of halogens is 1. The van der Waals surface area contributed by atoms with Gasteiger partial charge in [-0.05, 0) is 0 Å². The Morgan fingerprint density at radius 3 is 0.750 bits per heavy atom. The standard InChI is InChI=1S/ClHO4.Mg.6H2O.2H/c2-1(3,4)5;;;;;;;;;/h(H,2,3,4,5);;6*1H2;;/q;+2;;;;;;;2*-1. The molecule has 12 heteroatoms. The third-order valence-corrected chi connectivity index (χ3v) is 0. The van der Waals surface area contributed by atoms with Crippen LogP contribution in [0.4, 0.5) is 0 Å². The van der Waals surface area contributed by atoms with Gasteiger partial charge in [0.2, 0.25) is 0 Å². The predicted molar refractivity (Wildman–Crippen MR) is 31.9 cm³/mol. The molecule has 0 bridgehead atoms. The van der Waals surface area contributed by atoms with Crippen LogP contribution in [0.1, 0.15) is 2.85 Å². The second-order valence-corrected chi connectivity index (χ2v) is 1.19. The molecule has 10 nitrogen and oxygen atoms in total. The zero-order chi connectivity index (χ0) is 4.50. The predicted octanol–water partition coefficient (Wildman–Crippen LogP) is -9.23. The van der Waals surface area contributed by atoms with Crippen molar-refractivity contribution in [2.24, 2.45) is 0 Å². The van der Waals surface area contributed by atoms with Crippen molar-refractivity contribution >= 4 is 23.1 Å². The SMILES string of the molecule is O.O.O.O.O.O.[H-].[H-].[Mg+2].[O-][Cl+3]([O-])([O-])O. The summed E-state index contributed by atoms with van der Waals surface area (Å²) >= 11 is 0. The Kier molecular flexibility index (Phi) is 197. The van der Waals surface area contributed by atoms with Crippen molar-refractivity contribution in [3.8, 4) is 0 Å². The molecular weight excluding hydrogens is 220 g/mol. The molecule has 13 N–H and O–H groups in total. The summed E-state index contributed by atoms with van der Waals surface area (Å²) in [4.78, 5) is 0. The Balaban J connectivity index is -0.00000000222. The second kappa shape index (κ2) is 29.9. The molecule has 0 aliphatic carbocycles. The largest absolute Gasteiger partial charge is 2.00 e. The van der Waals surface area contributed by atoms with Gasteiger partial charge < -0.3 is 35.7 Å². The first-order chi connectivity index (χ1) is 2.00. The molecule has 0 spiro atoms. The van der Waals surface area contributed by atoms with E-state index in [1.165, 1.54) is 0 Å². The van der Waals surface area contributed by atoms with E-state index in [2.05, 4.69) is 0 Å². The molecule has 0 aromatic rings. The van der Waals surface area contributed by atoms with E-state index in [4.69, 9.17) is 18.6 Å². The number of hydrogen-bond acceptors (Lipinski definition) is 4.